The Labute approximate surface area is 187 Å². The molecular formula is C23H28F8O2. The van der Waals surface area contributed by atoms with Crippen LogP contribution in [0.4, 0.5) is 35.1 Å². The highest BCUT2D eigenvalue weighted by molar-refractivity contribution is 5.75. The Morgan fingerprint density at radius 2 is 1.55 bits per heavy atom. The van der Waals surface area contributed by atoms with Gasteiger partial charge in [-0.05, 0) is 56.2 Å². The van der Waals surface area contributed by atoms with E-state index in [9.17, 15) is 39.9 Å². The Balaban J connectivity index is 1.90. The van der Waals surface area contributed by atoms with Crippen molar-refractivity contribution in [3.63, 3.8) is 0 Å². The van der Waals surface area contributed by atoms with E-state index in [1.807, 2.05) is 0 Å². The fourth-order valence-corrected chi connectivity index (χ4v) is 4.04. The molecule has 1 aromatic rings. The number of alkyl halides is 7. The number of hydrogen-bond donors (Lipinski definition) is 0. The summed E-state index contributed by atoms with van der Waals surface area (Å²) in [6, 6.07) is 4.15. The summed E-state index contributed by atoms with van der Waals surface area (Å²) in [5.74, 6) is -16.7. The summed E-state index contributed by atoms with van der Waals surface area (Å²) in [5.41, 5.74) is 0.733. The second kappa shape index (κ2) is 11.0. The number of aryl methyl sites for hydroxylation is 1. The van der Waals surface area contributed by atoms with Crippen molar-refractivity contribution in [3.8, 4) is 5.75 Å². The Hall–Kier alpha value is -1.87. The number of rotatable bonds is 10. The van der Waals surface area contributed by atoms with E-state index in [4.69, 9.17) is 4.74 Å². The third-order valence-electron chi connectivity index (χ3n) is 6.12. The maximum Gasteiger partial charge on any atom is 0.459 e. The topological polar surface area (TPSA) is 26.3 Å². The minimum Gasteiger partial charge on any atom is -0.423 e. The van der Waals surface area contributed by atoms with Crippen LogP contribution in [-0.4, -0.2) is 24.0 Å². The molecular weight excluding hydrogens is 460 g/mol. The first-order valence-corrected chi connectivity index (χ1v) is 11.1. The number of unbranched alkanes of at least 4 members (excludes halogenated alkanes) is 4. The summed E-state index contributed by atoms with van der Waals surface area (Å²) in [6.07, 6.45) is -2.61. The fraction of sp³-hybridized carbons (Fsp3) is 0.696. The largest absolute Gasteiger partial charge is 0.459 e. The van der Waals surface area contributed by atoms with Gasteiger partial charge in [-0.25, -0.2) is 4.39 Å². The van der Waals surface area contributed by atoms with E-state index < -0.39 is 54.5 Å². The van der Waals surface area contributed by atoms with Crippen molar-refractivity contribution in [3.05, 3.63) is 29.6 Å². The SMILES string of the molecule is CCCCCCCc1ccc(OC(=O)[C@H]2CC[C@H](C(F)(F)C(F)(F)C(F)(F)F)CC2)c(F)c1. The van der Waals surface area contributed by atoms with Crippen molar-refractivity contribution in [2.24, 2.45) is 11.8 Å². The van der Waals surface area contributed by atoms with Gasteiger partial charge in [0.15, 0.2) is 11.6 Å². The molecule has 188 valence electrons. The molecule has 2 rings (SSSR count). The van der Waals surface area contributed by atoms with Crippen LogP contribution in [0.15, 0.2) is 18.2 Å². The molecule has 1 aliphatic rings. The van der Waals surface area contributed by atoms with Crippen LogP contribution >= 0.6 is 0 Å². The van der Waals surface area contributed by atoms with Crippen molar-refractivity contribution in [2.75, 3.05) is 0 Å². The Morgan fingerprint density at radius 3 is 2.09 bits per heavy atom. The molecule has 0 saturated heterocycles. The average Bonchev–Trinajstić information content (AvgIpc) is 2.74. The van der Waals surface area contributed by atoms with Gasteiger partial charge in [-0.1, -0.05) is 38.7 Å². The summed E-state index contributed by atoms with van der Waals surface area (Å²) in [5, 5.41) is 0. The van der Waals surface area contributed by atoms with Gasteiger partial charge in [0.25, 0.3) is 0 Å². The predicted molar refractivity (Wildman–Crippen MR) is 106 cm³/mol. The highest BCUT2D eigenvalue weighted by Crippen LogP contribution is 2.53. The number of benzene rings is 1. The second-order valence-electron chi connectivity index (χ2n) is 8.59. The molecule has 0 atom stereocenters. The third kappa shape index (κ3) is 6.59. The first-order chi connectivity index (χ1) is 15.3. The van der Waals surface area contributed by atoms with E-state index in [0.717, 1.165) is 37.7 Å². The summed E-state index contributed by atoms with van der Waals surface area (Å²) in [4.78, 5) is 12.3. The van der Waals surface area contributed by atoms with Gasteiger partial charge in [0.1, 0.15) is 0 Å². The standard InChI is InChI=1S/C23H28F8O2/c1-2-3-4-5-6-7-15-8-13-19(18(24)14-15)33-20(32)16-9-11-17(12-10-16)21(25,26)22(27,28)23(29,30)31/h8,13-14,16-17H,2-7,9-12H2,1H3/t16-,17-. The molecule has 1 aromatic carbocycles. The molecule has 0 radical (unpaired) electrons. The van der Waals surface area contributed by atoms with Gasteiger partial charge in [0, 0.05) is 5.92 Å². The van der Waals surface area contributed by atoms with Gasteiger partial charge >= 0.3 is 24.0 Å². The van der Waals surface area contributed by atoms with E-state index >= 15 is 0 Å². The van der Waals surface area contributed by atoms with Crippen molar-refractivity contribution in [1.82, 2.24) is 0 Å². The molecule has 10 heteroatoms. The molecule has 0 N–H and O–H groups in total. The molecule has 0 spiro atoms. The number of carbonyl (C=O) groups excluding carboxylic acids is 1. The molecule has 2 nitrogen and oxygen atoms in total. The molecule has 1 saturated carbocycles. The normalized spacial score (nSPS) is 20.0. The Bertz CT molecular complexity index is 783. The zero-order valence-corrected chi connectivity index (χ0v) is 18.3. The molecule has 33 heavy (non-hydrogen) atoms. The van der Waals surface area contributed by atoms with E-state index in [-0.39, 0.29) is 18.6 Å². The van der Waals surface area contributed by atoms with Crippen LogP contribution in [0.1, 0.15) is 70.3 Å². The number of ether oxygens (including phenoxy) is 1. The monoisotopic (exact) mass is 488 g/mol. The predicted octanol–water partition coefficient (Wildman–Crippen LogP) is 7.88. The third-order valence-corrected chi connectivity index (χ3v) is 6.12. The summed E-state index contributed by atoms with van der Waals surface area (Å²) >= 11 is 0. The van der Waals surface area contributed by atoms with Gasteiger partial charge in [-0.2, -0.15) is 30.7 Å². The zero-order chi connectivity index (χ0) is 24.9. The summed E-state index contributed by atoms with van der Waals surface area (Å²) in [6.45, 7) is 2.10. The maximum absolute atomic E-state index is 14.3. The first kappa shape index (κ1) is 27.4. The van der Waals surface area contributed by atoms with Gasteiger partial charge in [-0.15, -0.1) is 0 Å². The molecule has 0 unspecified atom stereocenters. The van der Waals surface area contributed by atoms with Crippen LogP contribution in [0.2, 0.25) is 0 Å². The lowest BCUT2D eigenvalue weighted by atomic mass is 9.77. The van der Waals surface area contributed by atoms with E-state index in [1.54, 1.807) is 6.07 Å². The quantitative estimate of drug-likeness (QED) is 0.145. The van der Waals surface area contributed by atoms with Crippen molar-refractivity contribution < 1.29 is 44.7 Å². The number of esters is 1. The molecule has 1 fully saturated rings. The fourth-order valence-electron chi connectivity index (χ4n) is 4.04. The summed E-state index contributed by atoms with van der Waals surface area (Å²) < 4.78 is 111. The smallest absolute Gasteiger partial charge is 0.423 e. The van der Waals surface area contributed by atoms with Gasteiger partial charge < -0.3 is 4.74 Å². The van der Waals surface area contributed by atoms with Crippen LogP contribution < -0.4 is 4.74 Å². The van der Waals surface area contributed by atoms with Crippen LogP contribution in [0.5, 0.6) is 5.75 Å². The van der Waals surface area contributed by atoms with Gasteiger partial charge in [-0.3, -0.25) is 4.79 Å². The second-order valence-corrected chi connectivity index (χ2v) is 8.59. The van der Waals surface area contributed by atoms with Gasteiger partial charge in [0.2, 0.25) is 0 Å². The van der Waals surface area contributed by atoms with Crippen molar-refractivity contribution >= 4 is 5.97 Å². The highest BCUT2D eigenvalue weighted by Gasteiger charge is 2.74. The van der Waals surface area contributed by atoms with Crippen molar-refractivity contribution in [2.45, 2.75) is 89.2 Å². The number of carbonyl (C=O) groups is 1. The Morgan fingerprint density at radius 1 is 0.939 bits per heavy atom. The molecule has 0 bridgehead atoms. The lowest BCUT2D eigenvalue weighted by molar-refractivity contribution is -0.367. The molecule has 1 aliphatic carbocycles. The Kier molecular flexibility index (Phi) is 9.16. The minimum atomic E-state index is -6.38. The van der Waals surface area contributed by atoms with Crippen LogP contribution in [0.3, 0.4) is 0 Å². The molecule has 0 aliphatic heterocycles. The minimum absolute atomic E-state index is 0.342. The molecule has 0 heterocycles. The van der Waals surface area contributed by atoms with Crippen LogP contribution in [0, 0.1) is 17.7 Å². The lowest BCUT2D eigenvalue weighted by Crippen LogP contribution is -2.56. The van der Waals surface area contributed by atoms with Crippen molar-refractivity contribution in [1.29, 1.82) is 0 Å². The first-order valence-electron chi connectivity index (χ1n) is 11.1. The zero-order valence-electron chi connectivity index (χ0n) is 18.3. The van der Waals surface area contributed by atoms with Crippen LogP contribution in [-0.2, 0) is 11.2 Å². The van der Waals surface area contributed by atoms with E-state index in [2.05, 4.69) is 6.92 Å². The maximum atomic E-state index is 14.3. The molecule has 0 aromatic heterocycles. The number of hydrogen-bond acceptors (Lipinski definition) is 2. The average molecular weight is 488 g/mol. The van der Waals surface area contributed by atoms with E-state index in [0.29, 0.717) is 6.42 Å². The van der Waals surface area contributed by atoms with Crippen LogP contribution in [0.25, 0.3) is 0 Å². The number of halogens is 8. The summed E-state index contributed by atoms with van der Waals surface area (Å²) in [7, 11) is 0. The van der Waals surface area contributed by atoms with Gasteiger partial charge in [0.05, 0.1) is 5.92 Å². The highest BCUT2D eigenvalue weighted by atomic mass is 19.4. The lowest BCUT2D eigenvalue weighted by Gasteiger charge is -2.37. The van der Waals surface area contributed by atoms with E-state index in [1.165, 1.54) is 12.1 Å². The molecule has 0 amide bonds.